The molecule has 0 bridgehead atoms. The Labute approximate surface area is 152 Å². The van der Waals surface area contributed by atoms with Crippen molar-refractivity contribution in [3.05, 3.63) is 48.0 Å². The Morgan fingerprint density at radius 2 is 1.48 bits per heavy atom. The van der Waals surface area contributed by atoms with Gasteiger partial charge in [-0.15, -0.1) is 0 Å². The van der Waals surface area contributed by atoms with Crippen LogP contribution >= 0.6 is 0 Å². The van der Waals surface area contributed by atoms with Crippen molar-refractivity contribution < 1.29 is 43.8 Å². The third-order valence-corrected chi connectivity index (χ3v) is 4.31. The molecule has 1 fully saturated rings. The molecule has 0 aliphatic carbocycles. The second-order valence-electron chi connectivity index (χ2n) is 6.13. The highest BCUT2D eigenvalue weighted by Crippen LogP contribution is 2.30. The van der Waals surface area contributed by atoms with E-state index < -0.39 is 54.7 Å². The minimum atomic E-state index is -1.57. The minimum absolute atomic E-state index is 0.196. The lowest BCUT2D eigenvalue weighted by molar-refractivity contribution is -0.277. The predicted molar refractivity (Wildman–Crippen MR) is 87.9 cm³/mol. The molecule has 9 heteroatoms. The number of ether oxygens (including phenoxy) is 2. The Kier molecular flexibility index (Phi) is 5.59. The summed E-state index contributed by atoms with van der Waals surface area (Å²) < 4.78 is 37.6. The lowest BCUT2D eigenvalue weighted by Crippen LogP contribution is -2.60. The van der Waals surface area contributed by atoms with Crippen LogP contribution in [0.15, 0.2) is 36.4 Å². The fraction of sp³-hybridized carbons (Fsp3) is 0.333. The highest BCUT2D eigenvalue weighted by molar-refractivity contribution is 5.65. The monoisotopic (exact) mass is 384 g/mol. The van der Waals surface area contributed by atoms with Crippen LogP contribution in [-0.2, 0) is 4.74 Å². The van der Waals surface area contributed by atoms with Gasteiger partial charge in [0.15, 0.2) is 17.4 Å². The molecule has 3 rings (SSSR count). The number of aromatic hydroxyl groups is 1. The molecule has 1 heterocycles. The van der Waals surface area contributed by atoms with E-state index in [-0.39, 0.29) is 11.3 Å². The lowest BCUT2D eigenvalue weighted by atomic mass is 9.99. The third-order valence-electron chi connectivity index (χ3n) is 4.31. The zero-order valence-corrected chi connectivity index (χ0v) is 13.9. The summed E-state index contributed by atoms with van der Waals surface area (Å²) in [6, 6.07) is 7.83. The summed E-state index contributed by atoms with van der Waals surface area (Å²) in [5, 5.41) is 47.8. The molecule has 5 atom stereocenters. The maximum absolute atomic E-state index is 13.5. The van der Waals surface area contributed by atoms with Crippen LogP contribution in [0, 0.1) is 11.6 Å². The Morgan fingerprint density at radius 1 is 0.889 bits per heavy atom. The molecule has 1 aliphatic rings. The van der Waals surface area contributed by atoms with Crippen molar-refractivity contribution in [3.8, 4) is 22.6 Å². The quantitative estimate of drug-likeness (QED) is 0.521. The van der Waals surface area contributed by atoms with Gasteiger partial charge >= 0.3 is 0 Å². The summed E-state index contributed by atoms with van der Waals surface area (Å²) in [4.78, 5) is 0. The molecule has 0 amide bonds. The van der Waals surface area contributed by atoms with Gasteiger partial charge in [0, 0.05) is 0 Å². The van der Waals surface area contributed by atoms with Crippen LogP contribution in [0.25, 0.3) is 11.1 Å². The van der Waals surface area contributed by atoms with Crippen molar-refractivity contribution in [1.82, 2.24) is 0 Å². The summed E-state index contributed by atoms with van der Waals surface area (Å²) in [5.41, 5.74) is 0.635. The van der Waals surface area contributed by atoms with Gasteiger partial charge in [0.2, 0.25) is 6.29 Å². The van der Waals surface area contributed by atoms with E-state index in [1.165, 1.54) is 24.3 Å². The maximum atomic E-state index is 13.5. The van der Waals surface area contributed by atoms with Gasteiger partial charge in [0.1, 0.15) is 30.2 Å². The molecule has 1 aliphatic heterocycles. The Morgan fingerprint density at radius 3 is 2.04 bits per heavy atom. The van der Waals surface area contributed by atoms with Crippen LogP contribution in [0.3, 0.4) is 0 Å². The van der Waals surface area contributed by atoms with Crippen molar-refractivity contribution in [2.75, 3.05) is 6.61 Å². The molecule has 5 N–H and O–H groups in total. The number of rotatable bonds is 4. The van der Waals surface area contributed by atoms with E-state index in [4.69, 9.17) is 19.7 Å². The highest BCUT2D eigenvalue weighted by Gasteiger charge is 2.44. The molecule has 1 unspecified atom stereocenters. The molecular weight excluding hydrogens is 366 g/mol. The lowest BCUT2D eigenvalue weighted by Gasteiger charge is -2.39. The number of phenols is 1. The SMILES string of the molecule is OC[C@H]1OC(Oc2ccc(-c3cc(F)c(O)c(F)c3)cc2)[C@@H](O)[C@@H](O)[C@@H]1O. The first-order valence-electron chi connectivity index (χ1n) is 8.07. The largest absolute Gasteiger partial charge is 0.503 e. The van der Waals surface area contributed by atoms with E-state index in [0.29, 0.717) is 5.56 Å². The Hall–Kier alpha value is -2.30. The normalized spacial score (nSPS) is 28.1. The first kappa shape index (κ1) is 19.5. The molecule has 2 aromatic rings. The average Bonchev–Trinajstić information content (AvgIpc) is 2.66. The number of phenolic OH excluding ortho intramolecular Hbond substituents is 1. The number of benzene rings is 2. The molecule has 0 radical (unpaired) electrons. The Balaban J connectivity index is 1.76. The minimum Gasteiger partial charge on any atom is -0.503 e. The Bertz CT molecular complexity index is 774. The number of aliphatic hydroxyl groups excluding tert-OH is 4. The van der Waals surface area contributed by atoms with Crippen molar-refractivity contribution in [1.29, 1.82) is 0 Å². The summed E-state index contributed by atoms with van der Waals surface area (Å²) >= 11 is 0. The zero-order valence-electron chi connectivity index (χ0n) is 13.9. The van der Waals surface area contributed by atoms with Crippen LogP contribution in [0.5, 0.6) is 11.5 Å². The smallest absolute Gasteiger partial charge is 0.229 e. The van der Waals surface area contributed by atoms with Gasteiger partial charge in [-0.05, 0) is 35.4 Å². The maximum Gasteiger partial charge on any atom is 0.229 e. The fourth-order valence-electron chi connectivity index (χ4n) is 2.76. The molecule has 0 aromatic heterocycles. The second kappa shape index (κ2) is 7.75. The van der Waals surface area contributed by atoms with Gasteiger partial charge in [-0.25, -0.2) is 8.78 Å². The first-order valence-corrected chi connectivity index (χ1v) is 8.07. The van der Waals surface area contributed by atoms with Gasteiger partial charge < -0.3 is 35.0 Å². The van der Waals surface area contributed by atoms with Crippen LogP contribution in [0.4, 0.5) is 8.78 Å². The standard InChI is InChI=1S/C18H18F2O7/c19-11-5-9(6-12(20)14(11)22)8-1-3-10(4-2-8)26-18-17(25)16(24)15(23)13(7-21)27-18/h1-6,13,15-18,21-25H,7H2/t13-,15-,16+,17+,18?/m1/s1. The van der Waals surface area contributed by atoms with E-state index in [0.717, 1.165) is 12.1 Å². The number of aliphatic hydroxyl groups is 4. The molecule has 1 saturated heterocycles. The molecule has 146 valence electrons. The van der Waals surface area contributed by atoms with Crippen LogP contribution < -0.4 is 4.74 Å². The van der Waals surface area contributed by atoms with Crippen LogP contribution in [-0.4, -0.2) is 62.8 Å². The average molecular weight is 384 g/mol. The van der Waals surface area contributed by atoms with E-state index in [9.17, 15) is 24.1 Å². The van der Waals surface area contributed by atoms with E-state index in [1.54, 1.807) is 0 Å². The summed E-state index contributed by atoms with van der Waals surface area (Å²) in [6.07, 6.45) is -7.05. The third kappa shape index (κ3) is 3.87. The molecule has 0 saturated carbocycles. The molecule has 27 heavy (non-hydrogen) atoms. The number of halogens is 2. The van der Waals surface area contributed by atoms with Crippen LogP contribution in [0.2, 0.25) is 0 Å². The fourth-order valence-corrected chi connectivity index (χ4v) is 2.76. The van der Waals surface area contributed by atoms with Crippen LogP contribution in [0.1, 0.15) is 0 Å². The van der Waals surface area contributed by atoms with Gasteiger partial charge in [0.25, 0.3) is 0 Å². The molecule has 7 nitrogen and oxygen atoms in total. The van der Waals surface area contributed by atoms with E-state index in [1.807, 2.05) is 0 Å². The van der Waals surface area contributed by atoms with Gasteiger partial charge in [-0.1, -0.05) is 12.1 Å². The second-order valence-corrected chi connectivity index (χ2v) is 6.13. The summed E-state index contributed by atoms with van der Waals surface area (Å²) in [6.45, 7) is -0.582. The van der Waals surface area contributed by atoms with Gasteiger partial charge in [0.05, 0.1) is 6.61 Å². The van der Waals surface area contributed by atoms with E-state index in [2.05, 4.69) is 0 Å². The van der Waals surface area contributed by atoms with Gasteiger partial charge in [-0.2, -0.15) is 0 Å². The summed E-state index contributed by atoms with van der Waals surface area (Å²) in [5.74, 6) is -3.03. The highest BCUT2D eigenvalue weighted by atomic mass is 19.1. The van der Waals surface area contributed by atoms with Crippen molar-refractivity contribution >= 4 is 0 Å². The molecule has 2 aromatic carbocycles. The van der Waals surface area contributed by atoms with Crippen molar-refractivity contribution in [3.63, 3.8) is 0 Å². The van der Waals surface area contributed by atoms with Gasteiger partial charge in [-0.3, -0.25) is 0 Å². The molecular formula is C18H18F2O7. The zero-order chi connectivity index (χ0) is 19.7. The van der Waals surface area contributed by atoms with Crippen molar-refractivity contribution in [2.24, 2.45) is 0 Å². The number of hydrogen-bond donors (Lipinski definition) is 5. The summed E-state index contributed by atoms with van der Waals surface area (Å²) in [7, 11) is 0. The predicted octanol–water partition coefficient (Wildman–Crippen LogP) is 0.516. The molecule has 0 spiro atoms. The van der Waals surface area contributed by atoms with E-state index >= 15 is 0 Å². The number of hydrogen-bond acceptors (Lipinski definition) is 7. The topological polar surface area (TPSA) is 120 Å². The van der Waals surface area contributed by atoms with Crippen molar-refractivity contribution in [2.45, 2.75) is 30.7 Å². The first-order chi connectivity index (χ1) is 12.8.